The maximum absolute atomic E-state index is 13.7. The number of benzene rings is 1. The van der Waals surface area contributed by atoms with Crippen LogP contribution in [0.1, 0.15) is 32.3 Å². The highest BCUT2D eigenvalue weighted by atomic mass is 35.5. The molecule has 1 N–H and O–H groups in total. The van der Waals surface area contributed by atoms with Crippen LogP contribution in [-0.2, 0) is 15.7 Å². The molecule has 2 amide bonds. The third kappa shape index (κ3) is 5.81. The minimum atomic E-state index is -4.53. The molecule has 0 aliphatic carbocycles. The maximum Gasteiger partial charge on any atom is 0.416 e. The Morgan fingerprint density at radius 1 is 1.24 bits per heavy atom. The number of rotatable bonds is 5. The Morgan fingerprint density at radius 2 is 2.07 bits per heavy atom. The van der Waals surface area contributed by atoms with E-state index in [1.54, 1.807) is 6.07 Å². The molecular weight excluding hydrogens is 577 g/mol. The summed E-state index contributed by atoms with van der Waals surface area (Å²) in [6.07, 6.45) is -1.95. The molecule has 3 aliphatic rings. The van der Waals surface area contributed by atoms with Crippen LogP contribution in [0.15, 0.2) is 42.7 Å². The SMILES string of the molecule is CC1(C)OCC(COc2cc(NC(=O)N3c4nc(-c5cccc(C(F)(F)F)c5)c(Cl)cc4N4CCC[C@H]3C4)ncn2)O1. The smallest absolute Gasteiger partial charge is 0.416 e. The summed E-state index contributed by atoms with van der Waals surface area (Å²) in [5.74, 6) is 0.0816. The summed E-state index contributed by atoms with van der Waals surface area (Å²) >= 11 is 6.57. The Kier molecular flexibility index (Phi) is 7.36. The predicted molar refractivity (Wildman–Crippen MR) is 149 cm³/mol. The van der Waals surface area contributed by atoms with Crippen LogP contribution in [0.4, 0.5) is 35.3 Å². The second-order valence-corrected chi connectivity index (χ2v) is 11.2. The normalized spacial score (nSPS) is 21.2. The summed E-state index contributed by atoms with van der Waals surface area (Å²) in [4.78, 5) is 30.3. The van der Waals surface area contributed by atoms with E-state index >= 15 is 0 Å². The van der Waals surface area contributed by atoms with Crippen molar-refractivity contribution in [2.24, 2.45) is 0 Å². The van der Waals surface area contributed by atoms with Gasteiger partial charge in [0.05, 0.1) is 34.6 Å². The number of halogens is 4. The molecule has 0 spiro atoms. The van der Waals surface area contributed by atoms with Crippen molar-refractivity contribution in [3.05, 3.63) is 53.3 Å². The fourth-order valence-electron chi connectivity index (χ4n) is 5.42. The molecule has 5 heterocycles. The quantitative estimate of drug-likeness (QED) is 0.392. The van der Waals surface area contributed by atoms with Crippen molar-refractivity contribution in [2.45, 2.75) is 50.8 Å². The first-order valence-corrected chi connectivity index (χ1v) is 13.8. The molecule has 3 aromatic rings. The van der Waals surface area contributed by atoms with Crippen LogP contribution in [0.2, 0.25) is 5.02 Å². The number of anilines is 3. The molecule has 2 aromatic heterocycles. The number of alkyl halides is 3. The fourth-order valence-corrected chi connectivity index (χ4v) is 5.68. The van der Waals surface area contributed by atoms with E-state index in [-0.39, 0.29) is 46.7 Å². The summed E-state index contributed by atoms with van der Waals surface area (Å²) in [6.45, 7) is 5.54. The van der Waals surface area contributed by atoms with Crippen molar-refractivity contribution in [1.29, 1.82) is 0 Å². The van der Waals surface area contributed by atoms with Crippen LogP contribution in [0.3, 0.4) is 0 Å². The van der Waals surface area contributed by atoms with Gasteiger partial charge < -0.3 is 19.1 Å². The number of urea groups is 1. The molecular formula is C28H28ClF3N6O4. The van der Waals surface area contributed by atoms with Gasteiger partial charge in [0.15, 0.2) is 11.6 Å². The summed E-state index contributed by atoms with van der Waals surface area (Å²) in [5.41, 5.74) is 0.166. The Bertz CT molecular complexity index is 1510. The number of nitrogens with zero attached hydrogens (tertiary/aromatic N) is 5. The Hall–Kier alpha value is -3.68. The van der Waals surface area contributed by atoms with E-state index in [2.05, 4.69) is 25.2 Å². The lowest BCUT2D eigenvalue weighted by atomic mass is 9.99. The van der Waals surface area contributed by atoms with Gasteiger partial charge in [-0.15, -0.1) is 0 Å². The number of hydrogen-bond donors (Lipinski definition) is 1. The number of nitrogens with one attached hydrogen (secondary N) is 1. The number of pyridine rings is 1. The first-order valence-electron chi connectivity index (χ1n) is 13.5. The number of hydrogen-bond acceptors (Lipinski definition) is 8. The lowest BCUT2D eigenvalue weighted by Crippen LogP contribution is -2.56. The molecule has 2 bridgehead atoms. The molecule has 10 nitrogen and oxygen atoms in total. The van der Waals surface area contributed by atoms with Gasteiger partial charge in [-0.1, -0.05) is 23.7 Å². The zero-order valence-corrected chi connectivity index (χ0v) is 23.6. The van der Waals surface area contributed by atoms with Gasteiger partial charge in [0, 0.05) is 24.7 Å². The minimum absolute atomic E-state index is 0.152. The number of amides is 2. The lowest BCUT2D eigenvalue weighted by Gasteiger charge is -2.46. The Morgan fingerprint density at radius 3 is 2.83 bits per heavy atom. The van der Waals surface area contributed by atoms with Crippen molar-refractivity contribution < 1.29 is 32.2 Å². The summed E-state index contributed by atoms with van der Waals surface area (Å²) < 4.78 is 57.3. The standard InChI is InChI=1S/C28H28ClF3N6O4/c1-27(2)41-14-19(42-27)13-40-23-11-22(33-15-34-23)35-26(39)38-18-7-4-8-37(12-18)21-10-20(29)24(36-25(21)38)16-5-3-6-17(9-16)28(30,31)32/h3,5-6,9-11,15,18-19H,4,7-8,12-14H2,1-2H3,(H,33,34,35,39)/t18-,19?/m0/s1. The number of piperidine rings is 1. The van der Waals surface area contributed by atoms with E-state index in [9.17, 15) is 18.0 Å². The van der Waals surface area contributed by atoms with Crippen molar-refractivity contribution >= 4 is 35.0 Å². The molecule has 0 radical (unpaired) electrons. The van der Waals surface area contributed by atoms with E-state index in [1.165, 1.54) is 29.4 Å². The van der Waals surface area contributed by atoms with Gasteiger partial charge in [-0.05, 0) is 44.9 Å². The third-order valence-electron chi connectivity index (χ3n) is 7.31. The summed E-state index contributed by atoms with van der Waals surface area (Å²) in [6, 6.07) is 7.26. The van der Waals surface area contributed by atoms with Gasteiger partial charge in [0.1, 0.15) is 24.9 Å². The van der Waals surface area contributed by atoms with Gasteiger partial charge in [-0.25, -0.2) is 19.7 Å². The van der Waals surface area contributed by atoms with E-state index in [4.69, 9.17) is 25.8 Å². The molecule has 14 heteroatoms. The second-order valence-electron chi connectivity index (χ2n) is 10.8. The summed E-state index contributed by atoms with van der Waals surface area (Å²) in [7, 11) is 0. The van der Waals surface area contributed by atoms with E-state index in [0.717, 1.165) is 31.5 Å². The molecule has 6 rings (SSSR count). The van der Waals surface area contributed by atoms with Crippen LogP contribution >= 0.6 is 11.6 Å². The average Bonchev–Trinajstić information content (AvgIpc) is 3.30. The Balaban J connectivity index is 1.27. The van der Waals surface area contributed by atoms with E-state index < -0.39 is 23.6 Å². The third-order valence-corrected chi connectivity index (χ3v) is 7.60. The molecule has 2 atom stereocenters. The number of fused-ring (bicyclic) bond motifs is 4. The van der Waals surface area contributed by atoms with Crippen LogP contribution in [0, 0.1) is 0 Å². The lowest BCUT2D eigenvalue weighted by molar-refractivity contribution is -0.141. The fraction of sp³-hybridized carbons (Fsp3) is 0.429. The molecule has 1 aromatic carbocycles. The van der Waals surface area contributed by atoms with Gasteiger partial charge in [-0.2, -0.15) is 13.2 Å². The molecule has 1 unspecified atom stereocenters. The average molecular weight is 605 g/mol. The van der Waals surface area contributed by atoms with Crippen LogP contribution in [0.5, 0.6) is 5.88 Å². The highest BCUT2D eigenvalue weighted by Gasteiger charge is 2.39. The van der Waals surface area contributed by atoms with E-state index in [0.29, 0.717) is 24.7 Å². The first kappa shape index (κ1) is 28.4. The van der Waals surface area contributed by atoms with Gasteiger partial charge >= 0.3 is 12.2 Å². The molecule has 0 saturated carbocycles. The van der Waals surface area contributed by atoms with Gasteiger partial charge in [0.2, 0.25) is 5.88 Å². The highest BCUT2D eigenvalue weighted by molar-refractivity contribution is 6.33. The number of ether oxygens (including phenoxy) is 3. The van der Waals surface area contributed by atoms with Crippen LogP contribution < -0.4 is 19.9 Å². The zero-order chi connectivity index (χ0) is 29.6. The first-order chi connectivity index (χ1) is 20.0. The van der Waals surface area contributed by atoms with E-state index in [1.807, 2.05) is 13.8 Å². The van der Waals surface area contributed by atoms with Crippen molar-refractivity contribution in [3.8, 4) is 17.1 Å². The largest absolute Gasteiger partial charge is 0.475 e. The topological polar surface area (TPSA) is 102 Å². The van der Waals surface area contributed by atoms with Crippen molar-refractivity contribution in [1.82, 2.24) is 15.0 Å². The van der Waals surface area contributed by atoms with Crippen LogP contribution in [-0.4, -0.2) is 65.2 Å². The van der Waals surface area contributed by atoms with Crippen molar-refractivity contribution in [2.75, 3.05) is 41.4 Å². The highest BCUT2D eigenvalue weighted by Crippen LogP contribution is 2.43. The maximum atomic E-state index is 13.7. The molecule has 2 fully saturated rings. The second kappa shape index (κ2) is 10.9. The monoisotopic (exact) mass is 604 g/mol. The molecule has 2 saturated heterocycles. The summed E-state index contributed by atoms with van der Waals surface area (Å²) in [5, 5.41) is 2.99. The molecule has 222 valence electrons. The van der Waals surface area contributed by atoms with Gasteiger partial charge in [-0.3, -0.25) is 10.2 Å². The van der Waals surface area contributed by atoms with Gasteiger partial charge in [0.25, 0.3) is 0 Å². The number of carbonyl (C=O) groups is 1. The number of carbonyl (C=O) groups excluding carboxylic acids is 1. The zero-order valence-electron chi connectivity index (χ0n) is 22.8. The molecule has 42 heavy (non-hydrogen) atoms. The molecule has 3 aliphatic heterocycles. The van der Waals surface area contributed by atoms with Crippen LogP contribution in [0.25, 0.3) is 11.3 Å². The minimum Gasteiger partial charge on any atom is -0.475 e. The number of aromatic nitrogens is 3. The van der Waals surface area contributed by atoms with Crippen molar-refractivity contribution in [3.63, 3.8) is 0 Å². The predicted octanol–water partition coefficient (Wildman–Crippen LogP) is 5.76. The Labute approximate surface area is 244 Å².